The lowest BCUT2D eigenvalue weighted by Crippen LogP contribution is -2.69. The molecule has 0 saturated carbocycles. The third-order valence-corrected chi connectivity index (χ3v) is 6.25. The predicted molar refractivity (Wildman–Crippen MR) is 97.9 cm³/mol. The quantitative estimate of drug-likeness (QED) is 0.736. The molecule has 0 aromatic heterocycles. The second-order valence-electron chi connectivity index (χ2n) is 10.2. The van der Waals surface area contributed by atoms with Crippen molar-refractivity contribution in [1.82, 2.24) is 20.0 Å². The number of rotatable bonds is 0. The van der Waals surface area contributed by atoms with Gasteiger partial charge in [0.1, 0.15) is 0 Å². The number of hydrogen-bond donors (Lipinski definition) is 1. The average Bonchev–Trinajstić information content (AvgIpc) is 2.96. The van der Waals surface area contributed by atoms with Crippen molar-refractivity contribution in [3.05, 3.63) is 0 Å². The van der Waals surface area contributed by atoms with Crippen molar-refractivity contribution in [3.8, 4) is 0 Å². The van der Waals surface area contributed by atoms with Crippen LogP contribution >= 0.6 is 0 Å². The Bertz CT molecular complexity index is 404. The van der Waals surface area contributed by atoms with Crippen LogP contribution in [-0.2, 0) is 0 Å². The fourth-order valence-electron chi connectivity index (χ4n) is 4.75. The standard InChI is InChI=1S/C10H20N2.C9H18N2/c1-10(2,3)12-7-8-5-9(12)6-11(8)4;1-9(2,3)11-5-7-4-8(6-11)10-7/h8-9H,5-7H2,1-4H3;7-8,10H,4-6H2,1-3H3. The molecule has 5 fully saturated rings. The summed E-state index contributed by atoms with van der Waals surface area (Å²) in [5.74, 6) is 0. The zero-order chi connectivity index (χ0) is 17.0. The highest BCUT2D eigenvalue weighted by Crippen LogP contribution is 2.34. The van der Waals surface area contributed by atoms with E-state index in [4.69, 9.17) is 0 Å². The van der Waals surface area contributed by atoms with E-state index in [9.17, 15) is 0 Å². The van der Waals surface area contributed by atoms with Crippen molar-refractivity contribution < 1.29 is 0 Å². The fourth-order valence-corrected chi connectivity index (χ4v) is 4.75. The van der Waals surface area contributed by atoms with Crippen LogP contribution in [0.2, 0.25) is 0 Å². The molecule has 0 spiro atoms. The second-order valence-corrected chi connectivity index (χ2v) is 10.2. The summed E-state index contributed by atoms with van der Waals surface area (Å²) in [6, 6.07) is 3.27. The summed E-state index contributed by atoms with van der Waals surface area (Å²) in [4.78, 5) is 7.76. The Labute approximate surface area is 143 Å². The molecule has 5 aliphatic heterocycles. The summed E-state index contributed by atoms with van der Waals surface area (Å²) in [5, 5.41) is 3.54. The number of piperazine rings is 2. The molecule has 5 saturated heterocycles. The van der Waals surface area contributed by atoms with Gasteiger partial charge in [0.2, 0.25) is 0 Å². The Hall–Kier alpha value is -0.160. The van der Waals surface area contributed by atoms with Crippen LogP contribution in [0.3, 0.4) is 0 Å². The molecule has 4 nitrogen and oxygen atoms in total. The number of hydrogen-bond acceptors (Lipinski definition) is 4. The van der Waals surface area contributed by atoms with E-state index in [1.165, 1.54) is 39.0 Å². The molecule has 4 heteroatoms. The van der Waals surface area contributed by atoms with Gasteiger partial charge in [-0.2, -0.15) is 0 Å². The Morgan fingerprint density at radius 3 is 1.61 bits per heavy atom. The maximum absolute atomic E-state index is 3.54. The molecule has 23 heavy (non-hydrogen) atoms. The molecule has 1 N–H and O–H groups in total. The molecule has 0 aliphatic carbocycles. The number of nitrogens with one attached hydrogen (secondary N) is 1. The Morgan fingerprint density at radius 2 is 1.30 bits per heavy atom. The normalized spacial score (nSPS) is 38.2. The van der Waals surface area contributed by atoms with Gasteiger partial charge in [-0.15, -0.1) is 0 Å². The predicted octanol–water partition coefficient (Wildman–Crippen LogP) is 2.00. The van der Waals surface area contributed by atoms with Gasteiger partial charge < -0.3 is 10.2 Å². The van der Waals surface area contributed by atoms with E-state index in [1.54, 1.807) is 0 Å². The van der Waals surface area contributed by atoms with Gasteiger partial charge in [-0.05, 0) is 61.4 Å². The lowest BCUT2D eigenvalue weighted by molar-refractivity contribution is 0.0167. The molecule has 0 radical (unpaired) electrons. The van der Waals surface area contributed by atoms with Crippen LogP contribution in [0.25, 0.3) is 0 Å². The van der Waals surface area contributed by atoms with E-state index in [0.29, 0.717) is 11.1 Å². The first-order valence-electron chi connectivity index (χ1n) is 9.52. The van der Waals surface area contributed by atoms with Gasteiger partial charge in [-0.3, -0.25) is 9.80 Å². The van der Waals surface area contributed by atoms with E-state index < -0.39 is 0 Å². The minimum atomic E-state index is 0.374. The van der Waals surface area contributed by atoms with Crippen LogP contribution in [0.4, 0.5) is 0 Å². The van der Waals surface area contributed by atoms with Crippen LogP contribution in [0.1, 0.15) is 54.4 Å². The van der Waals surface area contributed by atoms with Crippen molar-refractivity contribution in [2.24, 2.45) is 0 Å². The molecule has 134 valence electrons. The first-order valence-corrected chi connectivity index (χ1v) is 9.52. The molecule has 5 rings (SSSR count). The Balaban J connectivity index is 0.000000136. The van der Waals surface area contributed by atoms with E-state index in [-0.39, 0.29) is 0 Å². The first-order chi connectivity index (χ1) is 10.5. The van der Waals surface area contributed by atoms with Crippen molar-refractivity contribution in [3.63, 3.8) is 0 Å². The zero-order valence-corrected chi connectivity index (χ0v) is 16.4. The third-order valence-electron chi connectivity index (χ3n) is 6.25. The van der Waals surface area contributed by atoms with Crippen LogP contribution in [0.5, 0.6) is 0 Å². The summed E-state index contributed by atoms with van der Waals surface area (Å²) < 4.78 is 0. The summed E-state index contributed by atoms with van der Waals surface area (Å²) in [7, 11) is 2.25. The molecule has 5 heterocycles. The van der Waals surface area contributed by atoms with Crippen molar-refractivity contribution in [1.29, 1.82) is 0 Å². The minimum Gasteiger partial charge on any atom is -0.309 e. The van der Waals surface area contributed by atoms with Crippen LogP contribution in [0.15, 0.2) is 0 Å². The summed E-state index contributed by atoms with van der Waals surface area (Å²) in [6.45, 7) is 19.0. The van der Waals surface area contributed by atoms with Crippen molar-refractivity contribution >= 4 is 0 Å². The van der Waals surface area contributed by atoms with Crippen LogP contribution in [0, 0.1) is 0 Å². The monoisotopic (exact) mass is 322 g/mol. The third kappa shape index (κ3) is 3.76. The highest BCUT2D eigenvalue weighted by molar-refractivity contribution is 5.02. The summed E-state index contributed by atoms with van der Waals surface area (Å²) >= 11 is 0. The largest absolute Gasteiger partial charge is 0.309 e. The highest BCUT2D eigenvalue weighted by atomic mass is 15.4. The van der Waals surface area contributed by atoms with Crippen molar-refractivity contribution in [2.75, 3.05) is 33.2 Å². The second kappa shape index (κ2) is 5.98. The van der Waals surface area contributed by atoms with E-state index in [2.05, 4.69) is 68.6 Å². The van der Waals surface area contributed by atoms with Crippen LogP contribution < -0.4 is 5.32 Å². The summed E-state index contributed by atoms with van der Waals surface area (Å²) in [5.41, 5.74) is 0.750. The van der Waals surface area contributed by atoms with E-state index in [1.807, 2.05) is 0 Å². The van der Waals surface area contributed by atoms with Crippen LogP contribution in [-0.4, -0.2) is 83.2 Å². The highest BCUT2D eigenvalue weighted by Gasteiger charge is 2.45. The molecule has 0 aromatic rings. The molecule has 5 aliphatic rings. The maximum atomic E-state index is 3.54. The van der Waals surface area contributed by atoms with E-state index in [0.717, 1.165) is 24.2 Å². The Kier molecular flexibility index (Phi) is 4.59. The van der Waals surface area contributed by atoms with Gasteiger partial charge in [0.05, 0.1) is 0 Å². The topological polar surface area (TPSA) is 21.8 Å². The van der Waals surface area contributed by atoms with Gasteiger partial charge >= 0.3 is 0 Å². The van der Waals surface area contributed by atoms with Gasteiger partial charge in [0, 0.05) is 61.4 Å². The lowest BCUT2D eigenvalue weighted by atomic mass is 9.88. The van der Waals surface area contributed by atoms with Gasteiger partial charge in [0.15, 0.2) is 0 Å². The average molecular weight is 323 g/mol. The number of nitrogens with zero attached hydrogens (tertiary/aromatic N) is 3. The van der Waals surface area contributed by atoms with E-state index >= 15 is 0 Å². The zero-order valence-electron chi connectivity index (χ0n) is 16.4. The fraction of sp³-hybridized carbons (Fsp3) is 1.00. The number of likely N-dealkylation sites (N-methyl/N-ethyl adjacent to an activating group) is 1. The Morgan fingerprint density at radius 1 is 0.739 bits per heavy atom. The minimum absolute atomic E-state index is 0.374. The van der Waals surface area contributed by atoms with Gasteiger partial charge in [-0.25, -0.2) is 0 Å². The molecular weight excluding hydrogens is 284 g/mol. The molecular formula is C19H38N4. The number of likely N-dealkylation sites (tertiary alicyclic amines) is 2. The molecule has 0 aromatic carbocycles. The SMILES string of the molecule is CC(C)(C)N1CC2CC(C1)N2.CN1CC2CC1CN2C(C)(C)C. The molecule has 4 atom stereocenters. The maximum Gasteiger partial charge on any atom is 0.0244 e. The number of fused-ring (bicyclic) bond motifs is 4. The number of piperidine rings is 1. The summed E-state index contributed by atoms with van der Waals surface area (Å²) in [6.07, 6.45) is 2.81. The molecule has 0 amide bonds. The molecule has 4 unspecified atom stereocenters. The lowest BCUT2D eigenvalue weighted by Gasteiger charge is -2.52. The van der Waals surface area contributed by atoms with Gasteiger partial charge in [-0.1, -0.05) is 0 Å². The van der Waals surface area contributed by atoms with Crippen molar-refractivity contribution in [2.45, 2.75) is 89.6 Å². The molecule has 4 bridgehead atoms. The van der Waals surface area contributed by atoms with Gasteiger partial charge in [0.25, 0.3) is 0 Å². The first kappa shape index (κ1) is 17.7. The smallest absolute Gasteiger partial charge is 0.0244 e.